The first-order valence-corrected chi connectivity index (χ1v) is 7.58. The first-order valence-electron chi connectivity index (χ1n) is 5.99. The summed E-state index contributed by atoms with van der Waals surface area (Å²) in [4.78, 5) is 4.32. The molecule has 1 aliphatic heterocycles. The zero-order chi connectivity index (χ0) is 14.3. The maximum atomic E-state index is 13.2. The van der Waals surface area contributed by atoms with Crippen LogP contribution < -0.4 is 4.74 Å². The van der Waals surface area contributed by atoms with Crippen molar-refractivity contribution < 1.29 is 14.2 Å². The van der Waals surface area contributed by atoms with Gasteiger partial charge >= 0.3 is 0 Å². The quantitative estimate of drug-likeness (QED) is 0.773. The van der Waals surface area contributed by atoms with Crippen molar-refractivity contribution >= 4 is 31.9 Å². The van der Waals surface area contributed by atoms with E-state index in [9.17, 15) is 9.50 Å². The number of pyridine rings is 1. The summed E-state index contributed by atoms with van der Waals surface area (Å²) >= 11 is 6.78. The molecule has 6 heteroatoms. The van der Waals surface area contributed by atoms with Gasteiger partial charge in [0, 0.05) is 27.1 Å². The van der Waals surface area contributed by atoms with E-state index in [1.165, 1.54) is 18.2 Å². The van der Waals surface area contributed by atoms with E-state index in [1.807, 2.05) is 6.07 Å². The van der Waals surface area contributed by atoms with Gasteiger partial charge in [0.05, 0.1) is 11.8 Å². The van der Waals surface area contributed by atoms with Crippen LogP contribution in [0.5, 0.6) is 5.75 Å². The van der Waals surface area contributed by atoms with Crippen LogP contribution in [0.4, 0.5) is 4.39 Å². The largest absolute Gasteiger partial charge is 0.484 e. The molecule has 0 radical (unpaired) electrons. The summed E-state index contributed by atoms with van der Waals surface area (Å²) in [5, 5.41) is 10.2. The van der Waals surface area contributed by atoms with E-state index in [-0.39, 0.29) is 11.9 Å². The van der Waals surface area contributed by atoms with Crippen LogP contribution in [0.25, 0.3) is 0 Å². The minimum atomic E-state index is -0.767. The third-order valence-electron chi connectivity index (χ3n) is 3.18. The lowest BCUT2D eigenvalue weighted by Gasteiger charge is -2.29. The van der Waals surface area contributed by atoms with Gasteiger partial charge in [-0.25, -0.2) is 4.39 Å². The Morgan fingerprint density at radius 2 is 2.10 bits per heavy atom. The number of ether oxygens (including phenoxy) is 1. The molecule has 104 valence electrons. The molecule has 0 aliphatic carbocycles. The predicted molar refractivity (Wildman–Crippen MR) is 79.0 cm³/mol. The SMILES string of the molecule is OC1CC(c2ncc(Br)cc2Br)Oc2ccc(F)cc21. The molecule has 3 rings (SSSR count). The van der Waals surface area contributed by atoms with Crippen LogP contribution in [-0.2, 0) is 0 Å². The molecule has 2 heterocycles. The number of aromatic nitrogens is 1. The van der Waals surface area contributed by atoms with Gasteiger partial charge in [0.1, 0.15) is 17.7 Å². The Morgan fingerprint density at radius 1 is 1.30 bits per heavy atom. The zero-order valence-corrected chi connectivity index (χ0v) is 13.4. The van der Waals surface area contributed by atoms with E-state index in [1.54, 1.807) is 6.20 Å². The van der Waals surface area contributed by atoms with Gasteiger partial charge in [-0.2, -0.15) is 0 Å². The Hall–Kier alpha value is -0.980. The van der Waals surface area contributed by atoms with Crippen LogP contribution in [0.1, 0.15) is 29.9 Å². The summed E-state index contributed by atoms with van der Waals surface area (Å²) in [6.45, 7) is 0. The van der Waals surface area contributed by atoms with Crippen LogP contribution in [0, 0.1) is 5.82 Å². The molecular formula is C14H10Br2FNO2. The molecule has 2 atom stereocenters. The highest BCUT2D eigenvalue weighted by Gasteiger charge is 2.30. The molecule has 0 fully saturated rings. The minimum absolute atomic E-state index is 0.337. The fourth-order valence-electron chi connectivity index (χ4n) is 2.25. The van der Waals surface area contributed by atoms with Gasteiger partial charge in [0.15, 0.2) is 0 Å². The van der Waals surface area contributed by atoms with Crippen molar-refractivity contribution in [1.82, 2.24) is 4.98 Å². The van der Waals surface area contributed by atoms with E-state index < -0.39 is 6.10 Å². The van der Waals surface area contributed by atoms with Crippen molar-refractivity contribution in [1.29, 1.82) is 0 Å². The summed E-state index contributed by atoms with van der Waals surface area (Å²) < 4.78 is 20.7. The van der Waals surface area contributed by atoms with Gasteiger partial charge in [-0.05, 0) is 56.1 Å². The van der Waals surface area contributed by atoms with Crippen molar-refractivity contribution in [3.8, 4) is 5.75 Å². The van der Waals surface area contributed by atoms with E-state index in [4.69, 9.17) is 4.74 Å². The van der Waals surface area contributed by atoms with E-state index in [0.717, 1.165) is 8.95 Å². The Morgan fingerprint density at radius 3 is 2.85 bits per heavy atom. The number of fused-ring (bicyclic) bond motifs is 1. The summed E-state index contributed by atoms with van der Waals surface area (Å²) in [5.74, 6) is 0.111. The summed E-state index contributed by atoms with van der Waals surface area (Å²) in [6, 6.07) is 6.03. The molecule has 2 aromatic rings. The minimum Gasteiger partial charge on any atom is -0.484 e. The molecule has 2 unspecified atom stereocenters. The molecule has 0 bridgehead atoms. The molecule has 1 aromatic carbocycles. The number of hydrogen-bond donors (Lipinski definition) is 1. The highest BCUT2D eigenvalue weighted by atomic mass is 79.9. The highest BCUT2D eigenvalue weighted by Crippen LogP contribution is 2.42. The second-order valence-electron chi connectivity index (χ2n) is 4.56. The number of rotatable bonds is 1. The van der Waals surface area contributed by atoms with Crippen LogP contribution in [0.15, 0.2) is 39.4 Å². The molecule has 1 aliphatic rings. The molecule has 3 nitrogen and oxygen atoms in total. The normalized spacial score (nSPS) is 21.2. The Kier molecular flexibility index (Phi) is 3.79. The number of hydrogen-bond acceptors (Lipinski definition) is 3. The van der Waals surface area contributed by atoms with Gasteiger partial charge in [-0.1, -0.05) is 0 Å². The average Bonchev–Trinajstić information content (AvgIpc) is 2.39. The maximum absolute atomic E-state index is 13.2. The second kappa shape index (κ2) is 5.42. The molecule has 0 spiro atoms. The van der Waals surface area contributed by atoms with Gasteiger partial charge < -0.3 is 9.84 Å². The Labute approximate surface area is 132 Å². The predicted octanol–water partition coefficient (Wildman–Crippen LogP) is 4.30. The molecule has 1 aromatic heterocycles. The number of aliphatic hydroxyl groups excluding tert-OH is 1. The lowest BCUT2D eigenvalue weighted by Crippen LogP contribution is -2.20. The monoisotopic (exact) mass is 401 g/mol. The maximum Gasteiger partial charge on any atom is 0.144 e. The highest BCUT2D eigenvalue weighted by molar-refractivity contribution is 9.11. The molecule has 0 amide bonds. The number of halogens is 3. The fraction of sp³-hybridized carbons (Fsp3) is 0.214. The van der Waals surface area contributed by atoms with Crippen molar-refractivity contribution in [2.45, 2.75) is 18.6 Å². The van der Waals surface area contributed by atoms with Crippen molar-refractivity contribution in [3.05, 3.63) is 56.5 Å². The zero-order valence-electron chi connectivity index (χ0n) is 10.2. The van der Waals surface area contributed by atoms with E-state index >= 15 is 0 Å². The Bertz CT molecular complexity index is 666. The summed E-state index contributed by atoms with van der Waals surface area (Å²) in [7, 11) is 0. The third kappa shape index (κ3) is 2.60. The van der Waals surface area contributed by atoms with Gasteiger partial charge in [0.2, 0.25) is 0 Å². The Balaban J connectivity index is 1.97. The van der Waals surface area contributed by atoms with E-state index in [2.05, 4.69) is 36.8 Å². The molecule has 20 heavy (non-hydrogen) atoms. The summed E-state index contributed by atoms with van der Waals surface area (Å²) in [5.41, 5.74) is 1.19. The topological polar surface area (TPSA) is 42.4 Å². The van der Waals surface area contributed by atoms with Crippen molar-refractivity contribution in [3.63, 3.8) is 0 Å². The molecule has 1 N–H and O–H groups in total. The molecule has 0 saturated carbocycles. The van der Waals surface area contributed by atoms with Gasteiger partial charge in [-0.15, -0.1) is 0 Å². The van der Waals surface area contributed by atoms with Crippen LogP contribution >= 0.6 is 31.9 Å². The van der Waals surface area contributed by atoms with Crippen LogP contribution in [0.3, 0.4) is 0 Å². The first kappa shape index (κ1) is 14.0. The van der Waals surface area contributed by atoms with Crippen molar-refractivity contribution in [2.24, 2.45) is 0 Å². The number of nitrogens with zero attached hydrogens (tertiary/aromatic N) is 1. The number of aliphatic hydroxyl groups is 1. The fourth-order valence-corrected chi connectivity index (χ4v) is 3.49. The third-order valence-corrected chi connectivity index (χ3v) is 4.25. The molecule has 0 saturated heterocycles. The lowest BCUT2D eigenvalue weighted by atomic mass is 9.97. The van der Waals surface area contributed by atoms with Gasteiger partial charge in [0.25, 0.3) is 0 Å². The standard InChI is InChI=1S/C14H10Br2FNO2/c15-7-3-10(16)14(18-6-7)13-5-11(19)9-4-8(17)1-2-12(9)20-13/h1-4,6,11,13,19H,5H2. The smallest absolute Gasteiger partial charge is 0.144 e. The lowest BCUT2D eigenvalue weighted by molar-refractivity contribution is 0.0629. The molecular weight excluding hydrogens is 393 g/mol. The number of benzene rings is 1. The summed E-state index contributed by atoms with van der Waals surface area (Å²) in [6.07, 6.45) is 0.877. The van der Waals surface area contributed by atoms with Crippen LogP contribution in [0.2, 0.25) is 0 Å². The van der Waals surface area contributed by atoms with Crippen molar-refractivity contribution in [2.75, 3.05) is 0 Å². The van der Waals surface area contributed by atoms with Gasteiger partial charge in [-0.3, -0.25) is 4.98 Å². The van der Waals surface area contributed by atoms with Crippen LogP contribution in [-0.4, -0.2) is 10.1 Å². The van der Waals surface area contributed by atoms with E-state index in [0.29, 0.717) is 23.4 Å². The first-order chi connectivity index (χ1) is 9.54. The second-order valence-corrected chi connectivity index (χ2v) is 6.33. The average molecular weight is 403 g/mol.